The summed E-state index contributed by atoms with van der Waals surface area (Å²) in [5.41, 5.74) is 5.04. The number of rotatable bonds is 8. The molecule has 0 radical (unpaired) electrons. The van der Waals surface area contributed by atoms with Crippen molar-refractivity contribution in [1.82, 2.24) is 24.6 Å². The number of pyridine rings is 2. The summed E-state index contributed by atoms with van der Waals surface area (Å²) in [5.74, 6) is 0.353. The number of imidazole rings is 1. The van der Waals surface area contributed by atoms with Crippen molar-refractivity contribution in [2.75, 3.05) is 18.5 Å². The molecule has 2 N–H and O–H groups in total. The summed E-state index contributed by atoms with van der Waals surface area (Å²) >= 11 is 0. The van der Waals surface area contributed by atoms with Crippen LogP contribution in [0.5, 0.6) is 5.75 Å². The maximum atomic E-state index is 13.4. The van der Waals surface area contributed by atoms with Crippen LogP contribution in [-0.2, 0) is 4.74 Å². The molecule has 0 aliphatic heterocycles. The molecule has 4 heterocycles. The fourth-order valence-corrected chi connectivity index (χ4v) is 4.38. The number of aromatic nitrogens is 5. The summed E-state index contributed by atoms with van der Waals surface area (Å²) in [5, 5.41) is 11.6. The second-order valence-electron chi connectivity index (χ2n) is 10.3. The minimum absolute atomic E-state index is 0.0408. The number of aryl methyl sites for hydroxylation is 1. The number of carbonyl (C=O) groups excluding carboxylic acids is 1. The fraction of sp³-hybridized carbons (Fsp3) is 0.310. The van der Waals surface area contributed by atoms with Gasteiger partial charge in [-0.05, 0) is 58.0 Å². The first kappa shape index (κ1) is 25.4. The van der Waals surface area contributed by atoms with Gasteiger partial charge in [-0.2, -0.15) is 5.10 Å². The molecule has 196 valence electrons. The minimum atomic E-state index is -0.272. The van der Waals surface area contributed by atoms with E-state index in [1.54, 1.807) is 22.9 Å². The maximum absolute atomic E-state index is 13.4. The Labute approximate surface area is 221 Å². The molecule has 0 fully saturated rings. The van der Waals surface area contributed by atoms with Gasteiger partial charge < -0.3 is 14.8 Å². The summed E-state index contributed by atoms with van der Waals surface area (Å²) in [4.78, 5) is 22.5. The molecular formula is C29H32N6O3. The Bertz CT molecular complexity index is 1600. The first-order valence-electron chi connectivity index (χ1n) is 12.7. The van der Waals surface area contributed by atoms with Gasteiger partial charge in [0.05, 0.1) is 35.3 Å². The normalized spacial score (nSPS) is 12.7. The smallest absolute Gasteiger partial charge is 0.274 e. The predicted molar refractivity (Wildman–Crippen MR) is 147 cm³/mol. The topological polar surface area (TPSA) is 106 Å². The first-order valence-corrected chi connectivity index (χ1v) is 12.7. The van der Waals surface area contributed by atoms with Crippen LogP contribution in [0.25, 0.3) is 16.6 Å². The number of nitrogens with one attached hydrogen (secondary N) is 2. The summed E-state index contributed by atoms with van der Waals surface area (Å²) in [6, 6.07) is 15.3. The van der Waals surface area contributed by atoms with Gasteiger partial charge in [-0.25, -0.2) is 4.98 Å². The van der Waals surface area contributed by atoms with Gasteiger partial charge in [-0.1, -0.05) is 19.1 Å². The summed E-state index contributed by atoms with van der Waals surface area (Å²) < 4.78 is 13.2. The van der Waals surface area contributed by atoms with Crippen LogP contribution in [0.15, 0.2) is 60.9 Å². The number of amides is 1. The lowest BCUT2D eigenvalue weighted by molar-refractivity contribution is -0.0163. The van der Waals surface area contributed by atoms with Gasteiger partial charge in [-0.15, -0.1) is 0 Å². The van der Waals surface area contributed by atoms with Crippen molar-refractivity contribution >= 4 is 28.1 Å². The third kappa shape index (κ3) is 5.38. The van der Waals surface area contributed by atoms with Crippen LogP contribution in [0.2, 0.25) is 0 Å². The summed E-state index contributed by atoms with van der Waals surface area (Å²) in [6.07, 6.45) is 3.35. The molecule has 0 aliphatic carbocycles. The van der Waals surface area contributed by atoms with Crippen LogP contribution in [0.3, 0.4) is 0 Å². The number of nitrogens with zero attached hydrogens (tertiary/aromatic N) is 4. The zero-order valence-corrected chi connectivity index (χ0v) is 22.3. The SMILES string of the molecule is Cc1cccc(C(C)c2[nH]nc3cccc(NC(=O)c4cnc5cc(OCCOC(C)(C)C)ccn45)c23)n1. The standard InChI is InChI=1S/C29H32N6O3/c1-18-8-6-9-21(31-18)19(2)27-26-22(10-7-11-23(26)33-34-27)32-28(36)24-17-30-25-16-20(12-13-35(24)25)37-14-15-38-29(3,4)5/h6-13,16-17,19H,14-15H2,1-5H3,(H,32,36)(H,33,34). The Kier molecular flexibility index (Phi) is 6.86. The van der Waals surface area contributed by atoms with Gasteiger partial charge in [0.25, 0.3) is 5.91 Å². The van der Waals surface area contributed by atoms with Crippen LogP contribution in [0, 0.1) is 6.92 Å². The highest BCUT2D eigenvalue weighted by molar-refractivity contribution is 6.08. The second-order valence-corrected chi connectivity index (χ2v) is 10.3. The molecule has 1 atom stereocenters. The van der Waals surface area contributed by atoms with Crippen LogP contribution in [0.1, 0.15) is 61.2 Å². The lowest BCUT2D eigenvalue weighted by Crippen LogP contribution is -2.22. The lowest BCUT2D eigenvalue weighted by Gasteiger charge is -2.19. The van der Waals surface area contributed by atoms with E-state index in [0.29, 0.717) is 36.0 Å². The Hall–Kier alpha value is -4.24. The molecule has 0 spiro atoms. The highest BCUT2D eigenvalue weighted by atomic mass is 16.5. The molecule has 0 saturated heterocycles. The summed E-state index contributed by atoms with van der Waals surface area (Å²) in [6.45, 7) is 11.0. The van der Waals surface area contributed by atoms with E-state index in [4.69, 9.17) is 9.47 Å². The minimum Gasteiger partial charge on any atom is -0.491 e. The monoisotopic (exact) mass is 512 g/mol. The van der Waals surface area contributed by atoms with E-state index in [1.165, 1.54) is 0 Å². The molecule has 38 heavy (non-hydrogen) atoms. The molecule has 0 saturated carbocycles. The van der Waals surface area contributed by atoms with E-state index in [2.05, 4.69) is 32.4 Å². The zero-order valence-electron chi connectivity index (χ0n) is 22.3. The molecule has 0 bridgehead atoms. The van der Waals surface area contributed by atoms with Crippen molar-refractivity contribution in [1.29, 1.82) is 0 Å². The van der Waals surface area contributed by atoms with Gasteiger partial charge in [-0.3, -0.25) is 19.3 Å². The molecule has 5 aromatic rings. The fourth-order valence-electron chi connectivity index (χ4n) is 4.38. The van der Waals surface area contributed by atoms with Gasteiger partial charge >= 0.3 is 0 Å². The third-order valence-corrected chi connectivity index (χ3v) is 6.25. The molecule has 4 aromatic heterocycles. The quantitative estimate of drug-likeness (QED) is 0.266. The Morgan fingerprint density at radius 1 is 1.13 bits per heavy atom. The van der Waals surface area contributed by atoms with Gasteiger partial charge in [0.1, 0.15) is 23.7 Å². The average molecular weight is 513 g/mol. The maximum Gasteiger partial charge on any atom is 0.274 e. The summed E-state index contributed by atoms with van der Waals surface area (Å²) in [7, 11) is 0. The molecule has 1 aromatic carbocycles. The van der Waals surface area contributed by atoms with Gasteiger partial charge in [0.15, 0.2) is 0 Å². The molecule has 0 aliphatic rings. The van der Waals surface area contributed by atoms with Gasteiger partial charge in [0.2, 0.25) is 0 Å². The lowest BCUT2D eigenvalue weighted by atomic mass is 9.98. The van der Waals surface area contributed by atoms with E-state index in [-0.39, 0.29) is 17.4 Å². The zero-order chi connectivity index (χ0) is 26.9. The van der Waals surface area contributed by atoms with Gasteiger partial charge in [0, 0.05) is 35.0 Å². The van der Waals surface area contributed by atoms with Crippen molar-refractivity contribution in [3.05, 3.63) is 83.7 Å². The number of benzene rings is 1. The first-order chi connectivity index (χ1) is 18.2. The molecule has 9 heteroatoms. The molecule has 1 amide bonds. The Morgan fingerprint density at radius 3 is 2.74 bits per heavy atom. The van der Waals surface area contributed by atoms with Crippen LogP contribution in [0.4, 0.5) is 5.69 Å². The number of fused-ring (bicyclic) bond motifs is 2. The number of aromatic amines is 1. The average Bonchev–Trinajstić information content (AvgIpc) is 3.50. The number of ether oxygens (including phenoxy) is 2. The number of hydrogen-bond acceptors (Lipinski definition) is 6. The third-order valence-electron chi connectivity index (χ3n) is 6.25. The van der Waals surface area contributed by atoms with Crippen molar-refractivity contribution in [3.8, 4) is 5.75 Å². The molecular weight excluding hydrogens is 480 g/mol. The van der Waals surface area contributed by atoms with Crippen molar-refractivity contribution in [2.24, 2.45) is 0 Å². The van der Waals surface area contributed by atoms with Crippen molar-refractivity contribution in [3.63, 3.8) is 0 Å². The highest BCUT2D eigenvalue weighted by Crippen LogP contribution is 2.33. The van der Waals surface area contributed by atoms with Crippen molar-refractivity contribution < 1.29 is 14.3 Å². The Balaban J connectivity index is 1.36. The number of carbonyl (C=O) groups is 1. The Morgan fingerprint density at radius 2 is 1.95 bits per heavy atom. The van der Waals surface area contributed by atoms with Crippen LogP contribution in [-0.4, -0.2) is 49.3 Å². The number of anilines is 1. The van der Waals surface area contributed by atoms with E-state index in [0.717, 1.165) is 28.0 Å². The highest BCUT2D eigenvalue weighted by Gasteiger charge is 2.21. The van der Waals surface area contributed by atoms with E-state index < -0.39 is 0 Å². The largest absolute Gasteiger partial charge is 0.491 e. The van der Waals surface area contributed by atoms with E-state index >= 15 is 0 Å². The molecule has 9 nitrogen and oxygen atoms in total. The number of hydrogen-bond donors (Lipinski definition) is 2. The second kappa shape index (κ2) is 10.3. The van der Waals surface area contributed by atoms with E-state index in [9.17, 15) is 4.79 Å². The van der Waals surface area contributed by atoms with Crippen LogP contribution < -0.4 is 10.1 Å². The van der Waals surface area contributed by atoms with Crippen LogP contribution >= 0.6 is 0 Å². The molecule has 5 rings (SSSR count). The van der Waals surface area contributed by atoms with E-state index in [1.807, 2.05) is 70.2 Å². The van der Waals surface area contributed by atoms with Crippen molar-refractivity contribution in [2.45, 2.75) is 46.1 Å². The number of H-pyrrole nitrogens is 1. The predicted octanol–water partition coefficient (Wildman–Crippen LogP) is 5.51. The molecule has 1 unspecified atom stereocenters.